The third-order valence-electron chi connectivity index (χ3n) is 2.60. The Balaban J connectivity index is 3.29. The van der Waals surface area contributed by atoms with Crippen molar-refractivity contribution in [2.24, 2.45) is 0 Å². The summed E-state index contributed by atoms with van der Waals surface area (Å²) < 4.78 is 0. The van der Waals surface area contributed by atoms with Crippen LogP contribution in [0.4, 0.5) is 0 Å². The SMILES string of the molecule is C=C(C(C)=O)C(=O)c1c(C)cc(C)cc1C. The van der Waals surface area contributed by atoms with Crippen LogP contribution in [0.3, 0.4) is 0 Å². The normalized spacial score (nSPS) is 10.0. The molecule has 1 aromatic rings. The first-order valence-electron chi connectivity index (χ1n) is 5.17. The number of aryl methyl sites for hydroxylation is 3. The van der Waals surface area contributed by atoms with E-state index in [9.17, 15) is 9.59 Å². The molecule has 0 amide bonds. The number of ketones is 2. The first-order chi connectivity index (χ1) is 7.34. The monoisotopic (exact) mass is 216 g/mol. The van der Waals surface area contributed by atoms with Gasteiger partial charge in [-0.3, -0.25) is 9.59 Å². The predicted octanol–water partition coefficient (Wildman–Crippen LogP) is 2.94. The van der Waals surface area contributed by atoms with E-state index in [1.54, 1.807) is 0 Å². The van der Waals surface area contributed by atoms with Gasteiger partial charge in [-0.25, -0.2) is 0 Å². The van der Waals surface area contributed by atoms with Gasteiger partial charge < -0.3 is 0 Å². The molecule has 1 rings (SSSR count). The summed E-state index contributed by atoms with van der Waals surface area (Å²) in [7, 11) is 0. The van der Waals surface area contributed by atoms with Crippen molar-refractivity contribution in [3.05, 3.63) is 46.5 Å². The van der Waals surface area contributed by atoms with Crippen LogP contribution in [-0.4, -0.2) is 11.6 Å². The topological polar surface area (TPSA) is 34.1 Å². The van der Waals surface area contributed by atoms with Gasteiger partial charge >= 0.3 is 0 Å². The molecule has 0 N–H and O–H groups in total. The molecule has 0 aliphatic rings. The molecular formula is C14H16O2. The second-order valence-electron chi connectivity index (χ2n) is 4.14. The maximum atomic E-state index is 12.0. The van der Waals surface area contributed by atoms with Crippen LogP contribution in [0.1, 0.15) is 34.0 Å². The standard InChI is InChI=1S/C14H16O2/c1-8-6-9(2)13(10(3)7-8)14(16)11(4)12(5)15/h6-7H,4H2,1-3,5H3. The van der Waals surface area contributed by atoms with E-state index in [4.69, 9.17) is 0 Å². The van der Waals surface area contributed by atoms with Crippen molar-refractivity contribution >= 4 is 11.6 Å². The fourth-order valence-electron chi connectivity index (χ4n) is 1.85. The van der Waals surface area contributed by atoms with Crippen molar-refractivity contribution in [3.8, 4) is 0 Å². The van der Waals surface area contributed by atoms with Crippen LogP contribution in [0.15, 0.2) is 24.3 Å². The van der Waals surface area contributed by atoms with Crippen molar-refractivity contribution in [3.63, 3.8) is 0 Å². The molecule has 0 atom stereocenters. The van der Waals surface area contributed by atoms with E-state index in [0.717, 1.165) is 16.7 Å². The number of rotatable bonds is 3. The quantitative estimate of drug-likeness (QED) is 0.337. The van der Waals surface area contributed by atoms with Gasteiger partial charge in [-0.2, -0.15) is 0 Å². The fourth-order valence-corrected chi connectivity index (χ4v) is 1.85. The number of Topliss-reactive ketones (excluding diaryl/α,β-unsaturated/α-hetero) is 2. The number of carbonyl (C=O) groups excluding carboxylic acids is 2. The Hall–Kier alpha value is -1.70. The largest absolute Gasteiger partial charge is 0.294 e. The summed E-state index contributed by atoms with van der Waals surface area (Å²) >= 11 is 0. The Kier molecular flexibility index (Phi) is 3.43. The van der Waals surface area contributed by atoms with Crippen molar-refractivity contribution in [2.45, 2.75) is 27.7 Å². The highest BCUT2D eigenvalue weighted by molar-refractivity contribution is 6.26. The summed E-state index contributed by atoms with van der Waals surface area (Å²) in [5.74, 6) is -0.535. The lowest BCUT2D eigenvalue weighted by atomic mass is 9.92. The van der Waals surface area contributed by atoms with Gasteiger partial charge in [0.2, 0.25) is 0 Å². The lowest BCUT2D eigenvalue weighted by Crippen LogP contribution is -2.12. The molecule has 0 aliphatic heterocycles. The number of allylic oxidation sites excluding steroid dienone is 1. The van der Waals surface area contributed by atoms with E-state index >= 15 is 0 Å². The molecule has 0 unspecified atom stereocenters. The molecule has 1 aromatic carbocycles. The minimum absolute atomic E-state index is 0.0510. The number of hydrogen-bond donors (Lipinski definition) is 0. The molecule has 16 heavy (non-hydrogen) atoms. The first kappa shape index (κ1) is 12.4. The van der Waals surface area contributed by atoms with E-state index in [0.29, 0.717) is 5.56 Å². The van der Waals surface area contributed by atoms with Crippen LogP contribution < -0.4 is 0 Å². The van der Waals surface area contributed by atoms with Crippen molar-refractivity contribution in [2.75, 3.05) is 0 Å². The second-order valence-corrected chi connectivity index (χ2v) is 4.14. The molecule has 2 heteroatoms. The van der Waals surface area contributed by atoms with Crippen molar-refractivity contribution in [1.29, 1.82) is 0 Å². The summed E-state index contributed by atoms with van der Waals surface area (Å²) in [5, 5.41) is 0. The summed E-state index contributed by atoms with van der Waals surface area (Å²) in [6.07, 6.45) is 0. The molecule has 84 valence electrons. The first-order valence-corrected chi connectivity index (χ1v) is 5.17. The third kappa shape index (κ3) is 2.27. The maximum Gasteiger partial charge on any atom is 0.196 e. The van der Waals surface area contributed by atoms with Crippen molar-refractivity contribution in [1.82, 2.24) is 0 Å². The third-order valence-corrected chi connectivity index (χ3v) is 2.60. The van der Waals surface area contributed by atoms with Gasteiger partial charge in [0.05, 0.1) is 5.57 Å². The molecule has 0 bridgehead atoms. The Morgan fingerprint density at radius 1 is 1.06 bits per heavy atom. The van der Waals surface area contributed by atoms with Gasteiger partial charge in [0.25, 0.3) is 0 Å². The van der Waals surface area contributed by atoms with Crippen LogP contribution in [0, 0.1) is 20.8 Å². The lowest BCUT2D eigenvalue weighted by Gasteiger charge is -2.10. The zero-order valence-corrected chi connectivity index (χ0v) is 10.2. The highest BCUT2D eigenvalue weighted by Crippen LogP contribution is 2.19. The highest BCUT2D eigenvalue weighted by atomic mass is 16.1. The van der Waals surface area contributed by atoms with Crippen LogP contribution >= 0.6 is 0 Å². The summed E-state index contributed by atoms with van der Waals surface area (Å²) in [6.45, 7) is 10.6. The van der Waals surface area contributed by atoms with Gasteiger partial charge in [0.1, 0.15) is 0 Å². The lowest BCUT2D eigenvalue weighted by molar-refractivity contribution is -0.113. The minimum Gasteiger partial charge on any atom is -0.294 e. The van der Waals surface area contributed by atoms with E-state index in [1.807, 2.05) is 32.9 Å². The fraction of sp³-hybridized carbons (Fsp3) is 0.286. The van der Waals surface area contributed by atoms with Crippen LogP contribution in [0.25, 0.3) is 0 Å². The van der Waals surface area contributed by atoms with Gasteiger partial charge in [0.15, 0.2) is 11.6 Å². The van der Waals surface area contributed by atoms with Gasteiger partial charge in [-0.1, -0.05) is 24.3 Å². The smallest absolute Gasteiger partial charge is 0.196 e. The van der Waals surface area contributed by atoms with Crippen LogP contribution in [-0.2, 0) is 4.79 Å². The molecule has 0 heterocycles. The molecule has 0 aliphatic carbocycles. The predicted molar refractivity (Wildman–Crippen MR) is 64.8 cm³/mol. The molecule has 0 saturated heterocycles. The van der Waals surface area contributed by atoms with Crippen LogP contribution in [0.5, 0.6) is 0 Å². The Morgan fingerprint density at radius 3 is 1.88 bits per heavy atom. The average molecular weight is 216 g/mol. The van der Waals surface area contributed by atoms with Gasteiger partial charge in [-0.05, 0) is 38.8 Å². The Morgan fingerprint density at radius 2 is 1.50 bits per heavy atom. The zero-order valence-electron chi connectivity index (χ0n) is 10.2. The van der Waals surface area contributed by atoms with E-state index in [1.165, 1.54) is 6.92 Å². The molecule has 0 spiro atoms. The minimum atomic E-state index is -0.274. The van der Waals surface area contributed by atoms with E-state index < -0.39 is 0 Å². The molecule has 0 aromatic heterocycles. The zero-order chi connectivity index (χ0) is 12.5. The summed E-state index contributed by atoms with van der Waals surface area (Å²) in [5.41, 5.74) is 3.55. The van der Waals surface area contributed by atoms with Gasteiger partial charge in [-0.15, -0.1) is 0 Å². The summed E-state index contributed by atoms with van der Waals surface area (Å²) in [4.78, 5) is 23.1. The molecule has 0 fully saturated rings. The van der Waals surface area contributed by atoms with Gasteiger partial charge in [0, 0.05) is 5.56 Å². The number of benzene rings is 1. The van der Waals surface area contributed by atoms with Crippen LogP contribution in [0.2, 0.25) is 0 Å². The second kappa shape index (κ2) is 4.44. The van der Waals surface area contributed by atoms with E-state index in [2.05, 4.69) is 6.58 Å². The number of carbonyl (C=O) groups is 2. The molecule has 0 radical (unpaired) electrons. The molecule has 0 saturated carbocycles. The number of hydrogen-bond acceptors (Lipinski definition) is 2. The summed E-state index contributed by atoms with van der Waals surface area (Å²) in [6, 6.07) is 3.88. The Labute approximate surface area is 96.0 Å². The highest BCUT2D eigenvalue weighted by Gasteiger charge is 2.18. The van der Waals surface area contributed by atoms with Crippen molar-refractivity contribution < 1.29 is 9.59 Å². The average Bonchev–Trinajstić information content (AvgIpc) is 2.14. The van der Waals surface area contributed by atoms with E-state index in [-0.39, 0.29) is 17.1 Å². The maximum absolute atomic E-state index is 12.0. The molecule has 2 nitrogen and oxygen atoms in total. The Bertz CT molecular complexity index is 459. The molecular weight excluding hydrogens is 200 g/mol.